The monoisotopic (exact) mass is 402 g/mol. The van der Waals surface area contributed by atoms with Crippen molar-refractivity contribution in [1.82, 2.24) is 10.2 Å². The highest BCUT2D eigenvalue weighted by atomic mass is 16.5. The predicted octanol–water partition coefficient (Wildman–Crippen LogP) is 4.94. The fourth-order valence-corrected chi connectivity index (χ4v) is 4.48. The van der Waals surface area contributed by atoms with Gasteiger partial charge in [-0.25, -0.2) is 0 Å². The van der Waals surface area contributed by atoms with Crippen LogP contribution in [-0.4, -0.2) is 31.0 Å². The van der Waals surface area contributed by atoms with E-state index in [0.717, 1.165) is 37.2 Å². The quantitative estimate of drug-likeness (QED) is 0.635. The Morgan fingerprint density at radius 1 is 1.07 bits per heavy atom. The van der Waals surface area contributed by atoms with Crippen LogP contribution in [0.1, 0.15) is 36.9 Å². The van der Waals surface area contributed by atoms with Gasteiger partial charge in [-0.3, -0.25) is 9.69 Å². The van der Waals surface area contributed by atoms with E-state index >= 15 is 0 Å². The van der Waals surface area contributed by atoms with E-state index in [4.69, 9.17) is 4.74 Å². The Kier molecular flexibility index (Phi) is 6.34. The van der Waals surface area contributed by atoms with Crippen LogP contribution >= 0.6 is 0 Å². The summed E-state index contributed by atoms with van der Waals surface area (Å²) in [4.78, 5) is 15.2. The number of amides is 1. The second kappa shape index (κ2) is 9.31. The summed E-state index contributed by atoms with van der Waals surface area (Å²) in [6.45, 7) is 4.72. The molecule has 30 heavy (non-hydrogen) atoms. The minimum Gasteiger partial charge on any atom is -0.497 e. The van der Waals surface area contributed by atoms with E-state index in [0.29, 0.717) is 12.6 Å². The summed E-state index contributed by atoms with van der Waals surface area (Å²) < 4.78 is 5.26. The van der Waals surface area contributed by atoms with Crippen molar-refractivity contribution in [3.63, 3.8) is 0 Å². The summed E-state index contributed by atoms with van der Waals surface area (Å²) in [5.74, 6) is 1.07. The van der Waals surface area contributed by atoms with Gasteiger partial charge in [0.2, 0.25) is 5.91 Å². The summed E-state index contributed by atoms with van der Waals surface area (Å²) in [6, 6.07) is 23.3. The molecule has 0 spiro atoms. The number of hydrogen-bond acceptors (Lipinski definition) is 3. The topological polar surface area (TPSA) is 41.6 Å². The van der Waals surface area contributed by atoms with E-state index in [2.05, 4.69) is 59.6 Å². The number of carbonyl (C=O) groups excluding carboxylic acids is 1. The first kappa shape index (κ1) is 20.4. The van der Waals surface area contributed by atoms with Gasteiger partial charge in [0.15, 0.2) is 0 Å². The van der Waals surface area contributed by atoms with Crippen LogP contribution in [0.2, 0.25) is 0 Å². The highest BCUT2D eigenvalue weighted by Gasteiger charge is 2.28. The standard InChI is InChI=1S/C26H30N2O2/c1-19(24-12-6-9-21-8-3-4-11-25(21)24)28-15-13-22(14-16-28)26(29)27-18-20-7-5-10-23(17-20)30-2/h3-12,17,19,22H,13-16,18H2,1-2H3,(H,27,29)/t19-/m1/s1. The number of likely N-dealkylation sites (tertiary alicyclic amines) is 1. The van der Waals surface area contributed by atoms with Crippen LogP contribution in [0.25, 0.3) is 10.8 Å². The number of nitrogens with zero attached hydrogens (tertiary/aromatic N) is 1. The molecule has 3 aromatic carbocycles. The third-order valence-electron chi connectivity index (χ3n) is 6.32. The number of ether oxygens (including phenoxy) is 1. The van der Waals surface area contributed by atoms with Crippen molar-refractivity contribution in [3.05, 3.63) is 77.9 Å². The molecule has 0 aromatic heterocycles. The number of carbonyl (C=O) groups is 1. The molecule has 0 bridgehead atoms. The molecule has 3 aromatic rings. The number of fused-ring (bicyclic) bond motifs is 1. The lowest BCUT2D eigenvalue weighted by atomic mass is 9.92. The maximum atomic E-state index is 12.7. The SMILES string of the molecule is COc1cccc(CNC(=O)C2CCN([C@H](C)c3cccc4ccccc34)CC2)c1. The van der Waals surface area contributed by atoms with Crippen molar-refractivity contribution in [2.45, 2.75) is 32.4 Å². The summed E-state index contributed by atoms with van der Waals surface area (Å²) >= 11 is 0. The second-order valence-corrected chi connectivity index (χ2v) is 8.12. The molecule has 1 atom stereocenters. The van der Waals surface area contributed by atoms with Crippen LogP contribution in [0.15, 0.2) is 66.7 Å². The normalized spacial score (nSPS) is 16.3. The van der Waals surface area contributed by atoms with Gasteiger partial charge < -0.3 is 10.1 Å². The number of hydrogen-bond donors (Lipinski definition) is 1. The Bertz CT molecular complexity index is 1000. The number of benzene rings is 3. The highest BCUT2D eigenvalue weighted by Crippen LogP contribution is 2.31. The van der Waals surface area contributed by atoms with Gasteiger partial charge in [0.25, 0.3) is 0 Å². The van der Waals surface area contributed by atoms with Crippen molar-refractivity contribution in [3.8, 4) is 5.75 Å². The van der Waals surface area contributed by atoms with Crippen molar-refractivity contribution in [2.24, 2.45) is 5.92 Å². The molecular formula is C26H30N2O2. The van der Waals surface area contributed by atoms with Gasteiger partial charge in [0, 0.05) is 18.5 Å². The Morgan fingerprint density at radius 3 is 2.60 bits per heavy atom. The first-order valence-electron chi connectivity index (χ1n) is 10.8. The molecule has 1 saturated heterocycles. The lowest BCUT2D eigenvalue weighted by Gasteiger charge is -2.36. The molecule has 1 aliphatic heterocycles. The molecule has 0 saturated carbocycles. The molecule has 156 valence electrons. The Morgan fingerprint density at radius 2 is 1.80 bits per heavy atom. The first-order chi connectivity index (χ1) is 14.7. The molecule has 1 heterocycles. The lowest BCUT2D eigenvalue weighted by Crippen LogP contribution is -2.41. The zero-order chi connectivity index (χ0) is 20.9. The molecule has 0 aliphatic carbocycles. The minimum atomic E-state index is 0.0894. The van der Waals surface area contributed by atoms with Crippen LogP contribution in [0.5, 0.6) is 5.75 Å². The van der Waals surface area contributed by atoms with E-state index in [1.54, 1.807) is 7.11 Å². The van der Waals surface area contributed by atoms with Crippen molar-refractivity contribution in [1.29, 1.82) is 0 Å². The Labute approximate surface area is 178 Å². The van der Waals surface area contributed by atoms with Crippen molar-refractivity contribution < 1.29 is 9.53 Å². The van der Waals surface area contributed by atoms with Crippen LogP contribution < -0.4 is 10.1 Å². The fourth-order valence-electron chi connectivity index (χ4n) is 4.48. The van der Waals surface area contributed by atoms with Crippen LogP contribution in [-0.2, 0) is 11.3 Å². The zero-order valence-corrected chi connectivity index (χ0v) is 17.8. The molecule has 0 radical (unpaired) electrons. The van der Waals surface area contributed by atoms with E-state index in [9.17, 15) is 4.79 Å². The smallest absolute Gasteiger partial charge is 0.223 e. The first-order valence-corrected chi connectivity index (χ1v) is 10.8. The molecule has 1 N–H and O–H groups in total. The van der Waals surface area contributed by atoms with Gasteiger partial charge in [-0.15, -0.1) is 0 Å². The van der Waals surface area contributed by atoms with Gasteiger partial charge in [0.1, 0.15) is 5.75 Å². The van der Waals surface area contributed by atoms with Crippen molar-refractivity contribution >= 4 is 16.7 Å². The maximum Gasteiger partial charge on any atom is 0.223 e. The van der Waals surface area contributed by atoms with Crippen LogP contribution in [0, 0.1) is 5.92 Å². The third-order valence-corrected chi connectivity index (χ3v) is 6.32. The van der Waals surface area contributed by atoms with Crippen LogP contribution in [0.3, 0.4) is 0 Å². The summed E-state index contributed by atoms with van der Waals surface area (Å²) in [5.41, 5.74) is 2.43. The zero-order valence-electron chi connectivity index (χ0n) is 17.8. The average Bonchev–Trinajstić information content (AvgIpc) is 2.82. The Balaban J connectivity index is 1.33. The minimum absolute atomic E-state index is 0.0894. The Hall–Kier alpha value is -2.85. The van der Waals surface area contributed by atoms with Gasteiger partial charge in [-0.1, -0.05) is 54.6 Å². The fraction of sp³-hybridized carbons (Fsp3) is 0.346. The molecule has 1 amide bonds. The molecule has 1 aliphatic rings. The summed E-state index contributed by atoms with van der Waals surface area (Å²) in [6.07, 6.45) is 1.80. The maximum absolute atomic E-state index is 12.7. The molecule has 0 unspecified atom stereocenters. The van der Waals surface area contributed by atoms with Gasteiger partial charge in [0.05, 0.1) is 7.11 Å². The van der Waals surface area contributed by atoms with Crippen LogP contribution in [0.4, 0.5) is 0 Å². The van der Waals surface area contributed by atoms with Crippen molar-refractivity contribution in [2.75, 3.05) is 20.2 Å². The molecule has 4 rings (SSSR count). The third kappa shape index (κ3) is 4.49. The van der Waals surface area contributed by atoms with Gasteiger partial charge in [-0.05, 0) is 66.9 Å². The van der Waals surface area contributed by atoms with Gasteiger partial charge in [-0.2, -0.15) is 0 Å². The lowest BCUT2D eigenvalue weighted by molar-refractivity contribution is -0.126. The van der Waals surface area contributed by atoms with E-state index in [-0.39, 0.29) is 11.8 Å². The number of methoxy groups -OCH3 is 1. The number of rotatable bonds is 6. The predicted molar refractivity (Wildman–Crippen MR) is 122 cm³/mol. The average molecular weight is 403 g/mol. The molecule has 1 fully saturated rings. The molecular weight excluding hydrogens is 372 g/mol. The molecule has 4 nitrogen and oxygen atoms in total. The largest absolute Gasteiger partial charge is 0.497 e. The highest BCUT2D eigenvalue weighted by molar-refractivity contribution is 5.86. The van der Waals surface area contributed by atoms with E-state index in [1.807, 2.05) is 24.3 Å². The summed E-state index contributed by atoms with van der Waals surface area (Å²) in [5, 5.41) is 5.72. The number of piperidine rings is 1. The van der Waals surface area contributed by atoms with E-state index in [1.165, 1.54) is 16.3 Å². The molecule has 4 heteroatoms. The second-order valence-electron chi connectivity index (χ2n) is 8.12. The van der Waals surface area contributed by atoms with Gasteiger partial charge >= 0.3 is 0 Å². The number of nitrogens with one attached hydrogen (secondary N) is 1. The summed E-state index contributed by atoms with van der Waals surface area (Å²) in [7, 11) is 1.66. The van der Waals surface area contributed by atoms with E-state index < -0.39 is 0 Å².